The Morgan fingerprint density at radius 1 is 1.38 bits per heavy atom. The lowest BCUT2D eigenvalue weighted by atomic mass is 10.0. The standard InChI is InChI=1S/C16H24N2O2S/c19-12-14-3-1-2-7-17(14)9-5-16(20)18-8-4-15-13(11-18)6-10-21-15/h6,10,14,19H,1-5,7-9,11-12H2. The summed E-state index contributed by atoms with van der Waals surface area (Å²) in [4.78, 5) is 18.1. The molecule has 0 saturated carbocycles. The molecule has 1 atom stereocenters. The van der Waals surface area contributed by atoms with E-state index in [1.807, 2.05) is 4.90 Å². The summed E-state index contributed by atoms with van der Waals surface area (Å²) < 4.78 is 0. The Bertz CT molecular complexity index is 488. The van der Waals surface area contributed by atoms with Crippen LogP contribution in [0.3, 0.4) is 0 Å². The summed E-state index contributed by atoms with van der Waals surface area (Å²) in [5, 5.41) is 11.5. The molecule has 5 heteroatoms. The highest BCUT2D eigenvalue weighted by atomic mass is 32.1. The molecular weight excluding hydrogens is 284 g/mol. The van der Waals surface area contributed by atoms with Crippen molar-refractivity contribution in [3.8, 4) is 0 Å². The lowest BCUT2D eigenvalue weighted by Crippen LogP contribution is -2.44. The van der Waals surface area contributed by atoms with E-state index in [1.165, 1.54) is 23.3 Å². The zero-order valence-corrected chi connectivity index (χ0v) is 13.3. The molecule has 1 saturated heterocycles. The van der Waals surface area contributed by atoms with Gasteiger partial charge in [-0.1, -0.05) is 6.42 Å². The van der Waals surface area contributed by atoms with Gasteiger partial charge in [0.2, 0.25) is 5.91 Å². The van der Waals surface area contributed by atoms with E-state index < -0.39 is 0 Å². The number of thiophene rings is 1. The molecule has 116 valence electrons. The SMILES string of the molecule is O=C(CCN1CCCCC1CO)N1CCc2sccc2C1. The van der Waals surface area contributed by atoms with Gasteiger partial charge in [-0.15, -0.1) is 11.3 Å². The summed E-state index contributed by atoms with van der Waals surface area (Å²) >= 11 is 1.80. The predicted molar refractivity (Wildman–Crippen MR) is 84.4 cm³/mol. The van der Waals surface area contributed by atoms with Crippen LogP contribution in [0.15, 0.2) is 11.4 Å². The van der Waals surface area contributed by atoms with Gasteiger partial charge in [-0.3, -0.25) is 9.69 Å². The molecule has 1 unspecified atom stereocenters. The number of carbonyl (C=O) groups excluding carboxylic acids is 1. The van der Waals surface area contributed by atoms with Crippen LogP contribution in [0.1, 0.15) is 36.1 Å². The summed E-state index contributed by atoms with van der Waals surface area (Å²) in [6.45, 7) is 3.66. The monoisotopic (exact) mass is 308 g/mol. The number of rotatable bonds is 4. The van der Waals surface area contributed by atoms with Crippen LogP contribution >= 0.6 is 11.3 Å². The fourth-order valence-corrected chi connectivity index (χ4v) is 4.31. The smallest absolute Gasteiger partial charge is 0.224 e. The van der Waals surface area contributed by atoms with Crippen LogP contribution in [0.25, 0.3) is 0 Å². The van der Waals surface area contributed by atoms with Crippen LogP contribution < -0.4 is 0 Å². The molecule has 1 aromatic rings. The molecule has 2 aliphatic heterocycles. The number of nitrogens with zero attached hydrogens (tertiary/aromatic N) is 2. The number of likely N-dealkylation sites (tertiary alicyclic amines) is 1. The van der Waals surface area contributed by atoms with Crippen molar-refractivity contribution in [2.45, 2.75) is 44.7 Å². The highest BCUT2D eigenvalue weighted by Crippen LogP contribution is 2.24. The van der Waals surface area contributed by atoms with Crippen molar-refractivity contribution < 1.29 is 9.90 Å². The van der Waals surface area contributed by atoms with Gasteiger partial charge in [0.05, 0.1) is 6.61 Å². The maximum absolute atomic E-state index is 12.4. The summed E-state index contributed by atoms with van der Waals surface area (Å²) in [5.74, 6) is 0.258. The van der Waals surface area contributed by atoms with Crippen molar-refractivity contribution in [2.75, 3.05) is 26.2 Å². The lowest BCUT2D eigenvalue weighted by Gasteiger charge is -2.35. The lowest BCUT2D eigenvalue weighted by molar-refractivity contribution is -0.132. The average Bonchev–Trinajstić information content (AvgIpc) is 3.00. The summed E-state index contributed by atoms with van der Waals surface area (Å²) in [6.07, 6.45) is 5.03. The first-order valence-electron chi connectivity index (χ1n) is 7.96. The predicted octanol–water partition coefficient (Wildman–Crippen LogP) is 1.87. The van der Waals surface area contributed by atoms with Gasteiger partial charge < -0.3 is 10.0 Å². The van der Waals surface area contributed by atoms with Crippen LogP contribution in [-0.4, -0.2) is 53.1 Å². The molecule has 0 aliphatic carbocycles. The number of aliphatic hydroxyl groups is 1. The third-order valence-corrected chi connectivity index (χ3v) is 5.76. The highest BCUT2D eigenvalue weighted by molar-refractivity contribution is 7.10. The van der Waals surface area contributed by atoms with Gasteiger partial charge in [-0.2, -0.15) is 0 Å². The van der Waals surface area contributed by atoms with Crippen molar-refractivity contribution in [1.82, 2.24) is 9.80 Å². The summed E-state index contributed by atoms with van der Waals surface area (Å²) in [5.41, 5.74) is 1.32. The fourth-order valence-electron chi connectivity index (χ4n) is 3.42. The van der Waals surface area contributed by atoms with Gasteiger partial charge in [0.15, 0.2) is 0 Å². The van der Waals surface area contributed by atoms with E-state index in [0.29, 0.717) is 6.42 Å². The van der Waals surface area contributed by atoms with Gasteiger partial charge in [0.1, 0.15) is 0 Å². The molecule has 0 spiro atoms. The van der Waals surface area contributed by atoms with E-state index in [4.69, 9.17) is 0 Å². The zero-order valence-electron chi connectivity index (χ0n) is 12.5. The van der Waals surface area contributed by atoms with Crippen molar-refractivity contribution in [3.05, 3.63) is 21.9 Å². The van der Waals surface area contributed by atoms with E-state index in [2.05, 4.69) is 16.3 Å². The quantitative estimate of drug-likeness (QED) is 0.923. The minimum atomic E-state index is 0.218. The Morgan fingerprint density at radius 3 is 3.14 bits per heavy atom. The second-order valence-electron chi connectivity index (χ2n) is 6.05. The molecular formula is C16H24N2O2S. The molecule has 3 heterocycles. The molecule has 0 bridgehead atoms. The Balaban J connectivity index is 1.50. The minimum absolute atomic E-state index is 0.218. The maximum atomic E-state index is 12.4. The van der Waals surface area contributed by atoms with E-state index in [-0.39, 0.29) is 18.6 Å². The topological polar surface area (TPSA) is 43.8 Å². The second kappa shape index (κ2) is 6.90. The Labute approximate surface area is 130 Å². The van der Waals surface area contributed by atoms with E-state index in [1.54, 1.807) is 11.3 Å². The van der Waals surface area contributed by atoms with E-state index in [0.717, 1.165) is 39.0 Å². The molecule has 0 aromatic carbocycles. The van der Waals surface area contributed by atoms with Crippen LogP contribution in [0.4, 0.5) is 0 Å². The number of hydrogen-bond donors (Lipinski definition) is 1. The first-order chi connectivity index (χ1) is 10.3. The number of aliphatic hydroxyl groups excluding tert-OH is 1. The van der Waals surface area contributed by atoms with Gasteiger partial charge in [0.25, 0.3) is 0 Å². The number of amides is 1. The van der Waals surface area contributed by atoms with Crippen molar-refractivity contribution >= 4 is 17.2 Å². The molecule has 3 rings (SSSR count). The van der Waals surface area contributed by atoms with Gasteiger partial charge in [-0.25, -0.2) is 0 Å². The minimum Gasteiger partial charge on any atom is -0.395 e. The third kappa shape index (κ3) is 3.47. The van der Waals surface area contributed by atoms with Crippen LogP contribution in [-0.2, 0) is 17.8 Å². The molecule has 2 aliphatic rings. The van der Waals surface area contributed by atoms with Crippen LogP contribution in [0, 0.1) is 0 Å². The molecule has 0 radical (unpaired) electrons. The van der Waals surface area contributed by atoms with Gasteiger partial charge >= 0.3 is 0 Å². The first-order valence-corrected chi connectivity index (χ1v) is 8.84. The highest BCUT2D eigenvalue weighted by Gasteiger charge is 2.25. The van der Waals surface area contributed by atoms with Gasteiger partial charge in [-0.05, 0) is 42.8 Å². The molecule has 1 fully saturated rings. The largest absolute Gasteiger partial charge is 0.395 e. The molecule has 4 nitrogen and oxygen atoms in total. The number of carbonyl (C=O) groups is 1. The van der Waals surface area contributed by atoms with E-state index in [9.17, 15) is 9.90 Å². The molecule has 1 amide bonds. The Morgan fingerprint density at radius 2 is 2.29 bits per heavy atom. The average molecular weight is 308 g/mol. The first kappa shape index (κ1) is 15.0. The maximum Gasteiger partial charge on any atom is 0.224 e. The number of piperidine rings is 1. The number of hydrogen-bond acceptors (Lipinski definition) is 4. The Hall–Kier alpha value is -0.910. The molecule has 1 N–H and O–H groups in total. The second-order valence-corrected chi connectivity index (χ2v) is 7.05. The third-order valence-electron chi connectivity index (χ3n) is 4.73. The fraction of sp³-hybridized carbons (Fsp3) is 0.688. The normalized spacial score (nSPS) is 23.1. The van der Waals surface area contributed by atoms with Crippen molar-refractivity contribution in [3.63, 3.8) is 0 Å². The van der Waals surface area contributed by atoms with Gasteiger partial charge in [0, 0.05) is 37.0 Å². The van der Waals surface area contributed by atoms with Crippen LogP contribution in [0.5, 0.6) is 0 Å². The van der Waals surface area contributed by atoms with E-state index >= 15 is 0 Å². The number of fused-ring (bicyclic) bond motifs is 1. The summed E-state index contributed by atoms with van der Waals surface area (Å²) in [6, 6.07) is 2.41. The Kier molecular flexibility index (Phi) is 4.93. The van der Waals surface area contributed by atoms with Crippen LogP contribution in [0.2, 0.25) is 0 Å². The molecule has 21 heavy (non-hydrogen) atoms. The summed E-state index contributed by atoms with van der Waals surface area (Å²) in [7, 11) is 0. The molecule has 1 aromatic heterocycles. The van der Waals surface area contributed by atoms with Crippen molar-refractivity contribution in [2.24, 2.45) is 0 Å². The zero-order chi connectivity index (χ0) is 14.7. The van der Waals surface area contributed by atoms with Crippen molar-refractivity contribution in [1.29, 1.82) is 0 Å².